The van der Waals surface area contributed by atoms with E-state index < -0.39 is 0 Å². The lowest BCUT2D eigenvalue weighted by molar-refractivity contribution is 0.0601. The lowest BCUT2D eigenvalue weighted by atomic mass is 10.1. The molecule has 0 unspecified atom stereocenters. The van der Waals surface area contributed by atoms with Gasteiger partial charge in [-0.3, -0.25) is 0 Å². The number of esters is 1. The molecule has 0 N–H and O–H groups in total. The normalized spacial score (nSPS) is 10.9. The Bertz CT molecular complexity index is 347. The van der Waals surface area contributed by atoms with E-state index in [0.717, 1.165) is 5.56 Å². The highest BCUT2D eigenvalue weighted by molar-refractivity contribution is 5.89. The number of hydrogen-bond donors (Lipinski definition) is 0. The summed E-state index contributed by atoms with van der Waals surface area (Å²) >= 11 is 0. The number of rotatable bonds is 3. The van der Waals surface area contributed by atoms with Crippen molar-refractivity contribution in [2.45, 2.75) is 13.8 Å². The van der Waals surface area contributed by atoms with Gasteiger partial charge in [0, 0.05) is 0 Å². The highest BCUT2D eigenvalue weighted by Crippen LogP contribution is 2.08. The number of carbonyl (C=O) groups is 1. The minimum absolute atomic E-state index is 0.297. The van der Waals surface area contributed by atoms with Crippen LogP contribution in [0.2, 0.25) is 0 Å². The summed E-state index contributed by atoms with van der Waals surface area (Å²) in [6.45, 7) is 4.25. The van der Waals surface area contributed by atoms with Crippen LogP contribution in [0.3, 0.4) is 0 Å². The Balaban J connectivity index is 2.77. The van der Waals surface area contributed by atoms with E-state index >= 15 is 0 Å². The van der Waals surface area contributed by atoms with Crippen molar-refractivity contribution in [3.8, 4) is 0 Å². The van der Waals surface area contributed by atoms with E-state index in [-0.39, 0.29) is 5.97 Å². The largest absolute Gasteiger partial charge is 0.465 e. The Kier molecular flexibility index (Phi) is 4.10. The van der Waals surface area contributed by atoms with Crippen LogP contribution in [0.5, 0.6) is 0 Å². The molecule has 80 valence electrons. The quantitative estimate of drug-likeness (QED) is 0.707. The maximum Gasteiger partial charge on any atom is 0.337 e. The smallest absolute Gasteiger partial charge is 0.337 e. The molecule has 0 aromatic heterocycles. The predicted octanol–water partition coefficient (Wildman–Crippen LogP) is 3.14. The number of allylic oxidation sites excluding steroid dienone is 1. The van der Waals surface area contributed by atoms with Crippen LogP contribution in [-0.4, -0.2) is 13.1 Å². The van der Waals surface area contributed by atoms with Crippen LogP contribution in [0.4, 0.5) is 0 Å². The van der Waals surface area contributed by atoms with Crippen molar-refractivity contribution in [3.05, 3.63) is 41.5 Å². The number of benzene rings is 1. The Morgan fingerprint density at radius 3 is 2.33 bits per heavy atom. The summed E-state index contributed by atoms with van der Waals surface area (Å²) in [5.41, 5.74) is 1.68. The summed E-state index contributed by atoms with van der Waals surface area (Å²) in [7, 11) is 1.38. The summed E-state index contributed by atoms with van der Waals surface area (Å²) in [5.74, 6) is 0.236. The van der Waals surface area contributed by atoms with Gasteiger partial charge in [0.15, 0.2) is 0 Å². The average molecular weight is 204 g/mol. The Morgan fingerprint density at radius 1 is 1.27 bits per heavy atom. The average Bonchev–Trinajstić information content (AvgIpc) is 2.26. The van der Waals surface area contributed by atoms with E-state index in [1.807, 2.05) is 18.2 Å². The van der Waals surface area contributed by atoms with Gasteiger partial charge in [-0.05, 0) is 23.6 Å². The number of hydrogen-bond acceptors (Lipinski definition) is 2. The second kappa shape index (κ2) is 5.35. The molecule has 0 radical (unpaired) electrons. The maximum absolute atomic E-state index is 11.2. The van der Waals surface area contributed by atoms with Gasteiger partial charge in [-0.25, -0.2) is 4.79 Å². The predicted molar refractivity (Wildman–Crippen MR) is 61.7 cm³/mol. The molecule has 0 aliphatic carbocycles. The van der Waals surface area contributed by atoms with Crippen LogP contribution in [0.1, 0.15) is 29.8 Å². The van der Waals surface area contributed by atoms with Crippen molar-refractivity contribution in [2.24, 2.45) is 5.92 Å². The van der Waals surface area contributed by atoms with Crippen LogP contribution in [0.15, 0.2) is 30.3 Å². The van der Waals surface area contributed by atoms with Crippen LogP contribution in [-0.2, 0) is 4.74 Å². The lowest BCUT2D eigenvalue weighted by Gasteiger charge is -1.99. The fraction of sp³-hybridized carbons (Fsp3) is 0.308. The van der Waals surface area contributed by atoms with Gasteiger partial charge in [-0.1, -0.05) is 38.1 Å². The molecule has 0 amide bonds. The molecule has 0 saturated heterocycles. The fourth-order valence-electron chi connectivity index (χ4n) is 1.15. The van der Waals surface area contributed by atoms with E-state index in [0.29, 0.717) is 11.5 Å². The minimum Gasteiger partial charge on any atom is -0.465 e. The maximum atomic E-state index is 11.2. The molecule has 1 aromatic rings. The Hall–Kier alpha value is -1.57. The van der Waals surface area contributed by atoms with Crippen molar-refractivity contribution in [2.75, 3.05) is 7.11 Å². The summed E-state index contributed by atoms with van der Waals surface area (Å²) in [5, 5.41) is 0. The van der Waals surface area contributed by atoms with E-state index in [4.69, 9.17) is 0 Å². The van der Waals surface area contributed by atoms with Crippen molar-refractivity contribution in [3.63, 3.8) is 0 Å². The van der Waals surface area contributed by atoms with Gasteiger partial charge in [0.05, 0.1) is 12.7 Å². The van der Waals surface area contributed by atoms with Crippen LogP contribution < -0.4 is 0 Å². The first-order chi connectivity index (χ1) is 7.13. The van der Waals surface area contributed by atoms with Crippen molar-refractivity contribution in [1.82, 2.24) is 0 Å². The van der Waals surface area contributed by atoms with Gasteiger partial charge < -0.3 is 4.74 Å². The first-order valence-corrected chi connectivity index (χ1v) is 5.00. The summed E-state index contributed by atoms with van der Waals surface area (Å²) in [6.07, 6.45) is 4.17. The molecule has 1 rings (SSSR count). The molecule has 2 heteroatoms. The van der Waals surface area contributed by atoms with Gasteiger partial charge in [0.1, 0.15) is 0 Å². The first-order valence-electron chi connectivity index (χ1n) is 5.00. The lowest BCUT2D eigenvalue weighted by Crippen LogP contribution is -2.00. The highest BCUT2D eigenvalue weighted by Gasteiger charge is 2.02. The second-order valence-electron chi connectivity index (χ2n) is 3.72. The third kappa shape index (κ3) is 3.58. The third-order valence-electron chi connectivity index (χ3n) is 2.01. The summed E-state index contributed by atoms with van der Waals surface area (Å²) in [4.78, 5) is 11.2. The molecule has 0 aliphatic rings. The molecule has 0 heterocycles. The second-order valence-corrected chi connectivity index (χ2v) is 3.72. The molecule has 0 saturated carbocycles. The van der Waals surface area contributed by atoms with Crippen molar-refractivity contribution < 1.29 is 9.53 Å². The molecular weight excluding hydrogens is 188 g/mol. The number of ether oxygens (including phenoxy) is 1. The fourth-order valence-corrected chi connectivity index (χ4v) is 1.15. The van der Waals surface area contributed by atoms with Crippen LogP contribution in [0, 0.1) is 5.92 Å². The standard InChI is InChI=1S/C13H16O2/c1-10(2)4-5-11-6-8-12(9-7-11)13(14)15-3/h4-10H,1-3H3/b5-4-. The zero-order valence-corrected chi connectivity index (χ0v) is 9.36. The highest BCUT2D eigenvalue weighted by atomic mass is 16.5. The van der Waals surface area contributed by atoms with Crippen molar-refractivity contribution >= 4 is 12.0 Å². The molecule has 0 aliphatic heterocycles. The van der Waals surface area contributed by atoms with E-state index in [1.165, 1.54) is 7.11 Å². The topological polar surface area (TPSA) is 26.3 Å². The van der Waals surface area contributed by atoms with Gasteiger partial charge in [-0.2, -0.15) is 0 Å². The number of carbonyl (C=O) groups excluding carboxylic acids is 1. The van der Waals surface area contributed by atoms with Gasteiger partial charge >= 0.3 is 5.97 Å². The molecular formula is C13H16O2. The zero-order valence-electron chi connectivity index (χ0n) is 9.36. The molecule has 0 fully saturated rings. The Morgan fingerprint density at radius 2 is 1.87 bits per heavy atom. The van der Waals surface area contributed by atoms with Gasteiger partial charge in [0.2, 0.25) is 0 Å². The molecule has 15 heavy (non-hydrogen) atoms. The first kappa shape index (κ1) is 11.5. The minimum atomic E-state index is -0.297. The number of methoxy groups -OCH3 is 1. The molecule has 1 aromatic carbocycles. The van der Waals surface area contributed by atoms with Gasteiger partial charge in [-0.15, -0.1) is 0 Å². The molecule has 0 spiro atoms. The third-order valence-corrected chi connectivity index (χ3v) is 2.01. The van der Waals surface area contributed by atoms with E-state index in [9.17, 15) is 4.79 Å². The van der Waals surface area contributed by atoms with E-state index in [1.54, 1.807) is 12.1 Å². The van der Waals surface area contributed by atoms with Gasteiger partial charge in [0.25, 0.3) is 0 Å². The van der Waals surface area contributed by atoms with Crippen molar-refractivity contribution in [1.29, 1.82) is 0 Å². The molecule has 0 atom stereocenters. The zero-order chi connectivity index (χ0) is 11.3. The monoisotopic (exact) mass is 204 g/mol. The molecule has 2 nitrogen and oxygen atoms in total. The SMILES string of the molecule is COC(=O)c1ccc(/C=C\C(C)C)cc1. The van der Waals surface area contributed by atoms with Crippen LogP contribution >= 0.6 is 0 Å². The summed E-state index contributed by atoms with van der Waals surface area (Å²) in [6, 6.07) is 7.36. The van der Waals surface area contributed by atoms with Crippen LogP contribution in [0.25, 0.3) is 6.08 Å². The molecule has 0 bridgehead atoms. The summed E-state index contributed by atoms with van der Waals surface area (Å²) < 4.78 is 4.62. The Labute approximate surface area is 90.6 Å². The van der Waals surface area contributed by atoms with E-state index in [2.05, 4.69) is 24.7 Å².